The summed E-state index contributed by atoms with van der Waals surface area (Å²) in [6.07, 6.45) is 2.74. The molecular formula is C17H21NO4S2. The van der Waals surface area contributed by atoms with E-state index >= 15 is 0 Å². The van der Waals surface area contributed by atoms with E-state index in [2.05, 4.69) is 13.8 Å². The van der Waals surface area contributed by atoms with Crippen molar-refractivity contribution in [3.63, 3.8) is 0 Å². The molecule has 1 fully saturated rings. The Morgan fingerprint density at radius 2 is 1.88 bits per heavy atom. The van der Waals surface area contributed by atoms with Crippen LogP contribution in [0.4, 0.5) is 0 Å². The van der Waals surface area contributed by atoms with E-state index in [0.29, 0.717) is 0 Å². The number of sulfone groups is 1. The van der Waals surface area contributed by atoms with Crippen LogP contribution in [0, 0.1) is 6.92 Å². The standard InChI is InChI=1S/C17H21NO4S2/c1-12-5-7-13(8-6-12)24(21,22)14(16(19)20)9-10-15-18(4)17(2,3)11-23-15/h5-10H,11H2,1-4H3,(H,19,20)/b14-9-,15-10+. The number of aliphatic carboxylic acids is 1. The van der Waals surface area contributed by atoms with Gasteiger partial charge in [-0.25, -0.2) is 13.2 Å². The molecule has 1 aromatic rings. The summed E-state index contributed by atoms with van der Waals surface area (Å²) < 4.78 is 25.2. The molecule has 1 aliphatic heterocycles. The predicted molar refractivity (Wildman–Crippen MR) is 96.5 cm³/mol. The molecule has 0 bridgehead atoms. The number of carboxylic acids is 1. The lowest BCUT2D eigenvalue weighted by atomic mass is 10.1. The number of aryl methyl sites for hydroxylation is 1. The van der Waals surface area contributed by atoms with Crippen molar-refractivity contribution in [3.05, 3.63) is 51.9 Å². The van der Waals surface area contributed by atoms with E-state index < -0.39 is 20.7 Å². The quantitative estimate of drug-likeness (QED) is 0.825. The van der Waals surface area contributed by atoms with E-state index in [4.69, 9.17) is 0 Å². The normalized spacial score (nSPS) is 19.8. The molecule has 0 amide bonds. The van der Waals surface area contributed by atoms with Crippen LogP contribution in [0.1, 0.15) is 19.4 Å². The number of hydrogen-bond acceptors (Lipinski definition) is 5. The third-order valence-corrected chi connectivity index (χ3v) is 7.36. The van der Waals surface area contributed by atoms with Crippen LogP contribution in [0.3, 0.4) is 0 Å². The Morgan fingerprint density at radius 1 is 1.29 bits per heavy atom. The molecule has 1 saturated heterocycles. The molecule has 0 aromatic heterocycles. The topological polar surface area (TPSA) is 74.7 Å². The maximum absolute atomic E-state index is 12.6. The number of thioether (sulfide) groups is 1. The molecule has 0 spiro atoms. The Kier molecular flexibility index (Phi) is 5.15. The van der Waals surface area contributed by atoms with Gasteiger partial charge >= 0.3 is 5.97 Å². The van der Waals surface area contributed by atoms with Gasteiger partial charge < -0.3 is 10.0 Å². The summed E-state index contributed by atoms with van der Waals surface area (Å²) in [4.78, 5) is 12.9. The van der Waals surface area contributed by atoms with Gasteiger partial charge in [0.1, 0.15) is 0 Å². The summed E-state index contributed by atoms with van der Waals surface area (Å²) in [5.74, 6) is -0.603. The smallest absolute Gasteiger partial charge is 0.347 e. The highest BCUT2D eigenvalue weighted by Crippen LogP contribution is 2.38. The van der Waals surface area contributed by atoms with Gasteiger partial charge in [0.2, 0.25) is 9.84 Å². The molecule has 2 rings (SSSR count). The molecule has 130 valence electrons. The lowest BCUT2D eigenvalue weighted by Gasteiger charge is -2.28. The van der Waals surface area contributed by atoms with E-state index in [9.17, 15) is 18.3 Å². The average Bonchev–Trinajstić information content (AvgIpc) is 2.74. The largest absolute Gasteiger partial charge is 0.477 e. The molecule has 0 unspecified atom stereocenters. The summed E-state index contributed by atoms with van der Waals surface area (Å²) in [5.41, 5.74) is 0.854. The van der Waals surface area contributed by atoms with Crippen molar-refractivity contribution in [2.24, 2.45) is 0 Å². The number of carbonyl (C=O) groups is 1. The van der Waals surface area contributed by atoms with Crippen LogP contribution in [0.25, 0.3) is 0 Å². The molecule has 1 aromatic carbocycles. The molecule has 1 aliphatic rings. The molecule has 1 N–H and O–H groups in total. The maximum atomic E-state index is 12.6. The zero-order valence-electron chi connectivity index (χ0n) is 14.1. The van der Waals surface area contributed by atoms with Crippen LogP contribution in [-0.2, 0) is 14.6 Å². The fraction of sp³-hybridized carbons (Fsp3) is 0.353. The Labute approximate surface area is 147 Å². The average molecular weight is 367 g/mol. The number of rotatable bonds is 4. The molecular weight excluding hydrogens is 346 g/mol. The van der Waals surface area contributed by atoms with E-state index in [0.717, 1.165) is 16.3 Å². The van der Waals surface area contributed by atoms with Crippen molar-refractivity contribution in [2.45, 2.75) is 31.2 Å². The first-order chi connectivity index (χ1) is 11.1. The molecule has 5 nitrogen and oxygen atoms in total. The first-order valence-electron chi connectivity index (χ1n) is 7.39. The van der Waals surface area contributed by atoms with Crippen molar-refractivity contribution < 1.29 is 18.3 Å². The Hall–Kier alpha value is -1.73. The van der Waals surface area contributed by atoms with Crippen molar-refractivity contribution in [1.29, 1.82) is 0 Å². The van der Waals surface area contributed by atoms with Gasteiger partial charge in [-0.3, -0.25) is 0 Å². The highest BCUT2D eigenvalue weighted by Gasteiger charge is 2.33. The van der Waals surface area contributed by atoms with Gasteiger partial charge in [0.25, 0.3) is 0 Å². The van der Waals surface area contributed by atoms with Gasteiger partial charge in [0.15, 0.2) is 4.91 Å². The van der Waals surface area contributed by atoms with Crippen LogP contribution in [-0.4, -0.2) is 42.7 Å². The van der Waals surface area contributed by atoms with Gasteiger partial charge in [-0.1, -0.05) is 17.7 Å². The van der Waals surface area contributed by atoms with E-state index in [1.54, 1.807) is 30.0 Å². The third kappa shape index (κ3) is 3.67. The van der Waals surface area contributed by atoms with Gasteiger partial charge in [-0.2, -0.15) is 0 Å². The van der Waals surface area contributed by atoms with Crippen molar-refractivity contribution in [2.75, 3.05) is 12.8 Å². The summed E-state index contributed by atoms with van der Waals surface area (Å²) in [7, 11) is -2.15. The van der Waals surface area contributed by atoms with E-state index in [-0.39, 0.29) is 10.4 Å². The minimum absolute atomic E-state index is 0.0205. The van der Waals surface area contributed by atoms with Gasteiger partial charge in [0.05, 0.1) is 9.92 Å². The zero-order valence-corrected chi connectivity index (χ0v) is 15.7. The SMILES string of the molecule is Cc1ccc(S(=O)(=O)/C(=C\C=C2\SCC(C)(C)N2C)C(=O)O)cc1. The Bertz CT molecular complexity index is 805. The second-order valence-corrected chi connectivity index (χ2v) is 9.23. The van der Waals surface area contributed by atoms with E-state index in [1.807, 2.05) is 18.9 Å². The van der Waals surface area contributed by atoms with Crippen molar-refractivity contribution in [1.82, 2.24) is 4.90 Å². The Morgan fingerprint density at radius 3 is 2.33 bits per heavy atom. The first kappa shape index (κ1) is 18.6. The number of nitrogens with zero attached hydrogens (tertiary/aromatic N) is 1. The molecule has 0 atom stereocenters. The van der Waals surface area contributed by atoms with Crippen molar-refractivity contribution >= 4 is 27.6 Å². The molecule has 1 heterocycles. The molecule has 24 heavy (non-hydrogen) atoms. The van der Waals surface area contributed by atoms with Crippen LogP contribution in [0.2, 0.25) is 0 Å². The summed E-state index contributed by atoms with van der Waals surface area (Å²) in [6.45, 7) is 5.99. The van der Waals surface area contributed by atoms with Crippen LogP contribution in [0.15, 0.2) is 51.2 Å². The summed E-state index contributed by atoms with van der Waals surface area (Å²) in [6, 6.07) is 6.14. The Balaban J connectivity index is 2.43. The molecule has 7 heteroatoms. The first-order valence-corrected chi connectivity index (χ1v) is 9.86. The fourth-order valence-electron chi connectivity index (χ4n) is 2.17. The van der Waals surface area contributed by atoms with Crippen LogP contribution >= 0.6 is 11.8 Å². The lowest BCUT2D eigenvalue weighted by Crippen LogP contribution is -2.36. The number of benzene rings is 1. The fourth-order valence-corrected chi connectivity index (χ4v) is 4.69. The monoisotopic (exact) mass is 367 g/mol. The zero-order chi connectivity index (χ0) is 18.1. The summed E-state index contributed by atoms with van der Waals surface area (Å²) >= 11 is 1.57. The molecule has 0 radical (unpaired) electrons. The van der Waals surface area contributed by atoms with Crippen LogP contribution in [0.5, 0.6) is 0 Å². The number of carboxylic acid groups (broad SMARTS) is 1. The van der Waals surface area contributed by atoms with Gasteiger partial charge in [-0.15, -0.1) is 11.8 Å². The molecule has 0 saturated carbocycles. The van der Waals surface area contributed by atoms with Crippen LogP contribution < -0.4 is 0 Å². The summed E-state index contributed by atoms with van der Waals surface area (Å²) in [5, 5.41) is 10.2. The lowest BCUT2D eigenvalue weighted by molar-refractivity contribution is -0.131. The minimum atomic E-state index is -4.07. The number of hydrogen-bond donors (Lipinski definition) is 1. The third-order valence-electron chi connectivity index (χ3n) is 4.02. The van der Waals surface area contributed by atoms with Crippen molar-refractivity contribution in [3.8, 4) is 0 Å². The number of allylic oxidation sites excluding steroid dienone is 2. The highest BCUT2D eigenvalue weighted by molar-refractivity contribution is 8.03. The van der Waals surface area contributed by atoms with E-state index in [1.165, 1.54) is 18.2 Å². The maximum Gasteiger partial charge on any atom is 0.347 e. The second-order valence-electron chi connectivity index (χ2n) is 6.32. The predicted octanol–water partition coefficient (Wildman–Crippen LogP) is 3.04. The highest BCUT2D eigenvalue weighted by atomic mass is 32.2. The second kappa shape index (κ2) is 6.64. The van der Waals surface area contributed by atoms with Gasteiger partial charge in [-0.05, 0) is 45.1 Å². The van der Waals surface area contributed by atoms with Gasteiger partial charge in [0, 0.05) is 18.3 Å². The minimum Gasteiger partial charge on any atom is -0.477 e. The molecule has 0 aliphatic carbocycles.